The topological polar surface area (TPSA) is 108 Å². The maximum absolute atomic E-state index is 13.6. The van der Waals surface area contributed by atoms with E-state index in [1.165, 1.54) is 7.11 Å². The highest BCUT2D eigenvalue weighted by Gasteiger charge is 2.23. The fourth-order valence-electron chi connectivity index (χ4n) is 6.83. The number of hydrogen-bond acceptors (Lipinski definition) is 11. The summed E-state index contributed by atoms with van der Waals surface area (Å²) in [5.41, 5.74) is 3.06. The van der Waals surface area contributed by atoms with Gasteiger partial charge in [-0.05, 0) is 175 Å². The van der Waals surface area contributed by atoms with Crippen LogP contribution < -0.4 is 14.8 Å². The van der Waals surface area contributed by atoms with E-state index in [0.29, 0.717) is 42.4 Å². The number of carbonyl (C=O) groups excluding carboxylic acids is 2. The van der Waals surface area contributed by atoms with Crippen LogP contribution in [0.15, 0.2) is 71.2 Å². The Bertz CT molecular complexity index is 2160. The van der Waals surface area contributed by atoms with E-state index in [9.17, 15) is 14.7 Å². The van der Waals surface area contributed by atoms with Gasteiger partial charge in [0.05, 0.1) is 19.8 Å². The summed E-state index contributed by atoms with van der Waals surface area (Å²) in [5, 5.41) is 13.3. The summed E-state index contributed by atoms with van der Waals surface area (Å²) in [5.74, 6) is 2.83. The Morgan fingerprint density at radius 3 is 2.00 bits per heavy atom. The zero-order valence-electron chi connectivity index (χ0n) is 42.5. The zero-order valence-corrected chi connectivity index (χ0v) is 50.0. The average Bonchev–Trinajstić information content (AvgIpc) is 3.72. The number of furan rings is 1. The predicted molar refractivity (Wildman–Crippen MR) is 319 cm³/mol. The van der Waals surface area contributed by atoms with Crippen LogP contribution in [0.25, 0.3) is 11.0 Å². The van der Waals surface area contributed by atoms with Crippen molar-refractivity contribution < 1.29 is 28.6 Å². The van der Waals surface area contributed by atoms with Gasteiger partial charge in [0.25, 0.3) is 0 Å². The van der Waals surface area contributed by atoms with Crippen LogP contribution in [-0.4, -0.2) is 99.7 Å². The summed E-state index contributed by atoms with van der Waals surface area (Å²) in [4.78, 5) is 32.0. The Hall–Kier alpha value is -2.62. The third kappa shape index (κ3) is 22.4. The summed E-state index contributed by atoms with van der Waals surface area (Å²) in [6.07, 6.45) is 10.7. The molecule has 0 aliphatic carbocycles. The van der Waals surface area contributed by atoms with Gasteiger partial charge < -0.3 is 39.0 Å². The number of aromatic hydroxyl groups is 1. The number of nitrogens with one attached hydrogen (secondary N) is 1. The van der Waals surface area contributed by atoms with Crippen molar-refractivity contribution in [3.8, 4) is 17.2 Å². The second-order valence-electron chi connectivity index (χ2n) is 16.2. The Morgan fingerprint density at radius 2 is 1.45 bits per heavy atom. The first-order valence-corrected chi connectivity index (χ1v) is 29.4. The van der Waals surface area contributed by atoms with Gasteiger partial charge in [0.1, 0.15) is 32.3 Å². The number of ketones is 1. The van der Waals surface area contributed by atoms with E-state index in [2.05, 4.69) is 140 Å². The van der Waals surface area contributed by atoms with Gasteiger partial charge >= 0.3 is 0 Å². The number of aryl methyl sites for hydroxylation is 1. The standard InChI is InChI=1S/C25H29I2NO3.C18H27NO3.C10H20N2S4/c1-4-7-11-22-23(18-10-8-9-12-21(18)31-22)24(29)17-15-19(26)25(20(27)16-17)30-14-13-28(5-2)6-3;1-14(2)8-6-4-5-7-9-18(21)19-13-15-10-11-16(20)17(12-15)22-3;1-5-11(6-2)9(13)15-16-10(14)12(7-3)8-4/h8-10,12,15-16H,4-7,11,13-14H2,1-3H3;6,8,10-12,14,20H,4-5,7,9,13H2,1-3H3,(H,19,21);5-8H2,1-4H3/b;8-6+;. The second kappa shape index (κ2) is 35.5. The lowest BCUT2D eigenvalue weighted by Gasteiger charge is -2.23. The number of thiocarbonyl (C=S) groups is 2. The van der Waals surface area contributed by atoms with Crippen LogP contribution >= 0.6 is 91.2 Å². The third-order valence-corrected chi connectivity index (χ3v) is 16.3. The van der Waals surface area contributed by atoms with Crippen molar-refractivity contribution in [1.82, 2.24) is 20.0 Å². The molecule has 1 aromatic heterocycles. The number of carbonyl (C=O) groups is 2. The smallest absolute Gasteiger partial charge is 0.220 e. The summed E-state index contributed by atoms with van der Waals surface area (Å²) < 4.78 is 21.0. The van der Waals surface area contributed by atoms with Gasteiger partial charge in [-0.1, -0.05) is 102 Å². The number of halogens is 2. The maximum atomic E-state index is 13.6. The number of rotatable bonds is 24. The van der Waals surface area contributed by atoms with Crippen molar-refractivity contribution in [3.63, 3.8) is 0 Å². The van der Waals surface area contributed by atoms with E-state index in [0.717, 1.165) is 128 Å². The van der Waals surface area contributed by atoms with Crippen LogP contribution in [0.4, 0.5) is 0 Å². The lowest BCUT2D eigenvalue weighted by atomic mass is 9.98. The highest BCUT2D eigenvalue weighted by Crippen LogP contribution is 2.34. The van der Waals surface area contributed by atoms with E-state index >= 15 is 0 Å². The number of phenols is 1. The molecule has 382 valence electrons. The molecule has 0 bridgehead atoms. The first-order valence-electron chi connectivity index (χ1n) is 24.2. The lowest BCUT2D eigenvalue weighted by molar-refractivity contribution is -0.121. The number of likely N-dealkylation sites (N-methyl/N-ethyl adjacent to an activating group) is 1. The number of unbranched alkanes of at least 4 members (excludes halogenated alkanes) is 3. The van der Waals surface area contributed by atoms with Crippen molar-refractivity contribution >= 4 is 123 Å². The molecule has 0 fully saturated rings. The number of hydrogen-bond donors (Lipinski definition) is 2. The summed E-state index contributed by atoms with van der Waals surface area (Å²) in [6.45, 7) is 27.1. The van der Waals surface area contributed by atoms with Gasteiger partial charge in [-0.15, -0.1) is 0 Å². The van der Waals surface area contributed by atoms with E-state index in [1.54, 1.807) is 39.8 Å². The van der Waals surface area contributed by atoms with Crippen molar-refractivity contribution in [2.75, 3.05) is 59.5 Å². The molecule has 0 spiro atoms. The van der Waals surface area contributed by atoms with Crippen molar-refractivity contribution in [2.24, 2.45) is 5.92 Å². The molecule has 4 rings (SSSR count). The fraction of sp³-hybridized carbons (Fsp3) is 0.509. The largest absolute Gasteiger partial charge is 0.504 e. The van der Waals surface area contributed by atoms with Crippen LogP contribution in [0.2, 0.25) is 0 Å². The quantitative estimate of drug-likeness (QED) is 0.0174. The van der Waals surface area contributed by atoms with Crippen molar-refractivity contribution in [1.29, 1.82) is 0 Å². The molecule has 1 amide bonds. The van der Waals surface area contributed by atoms with E-state index in [1.807, 2.05) is 36.4 Å². The van der Waals surface area contributed by atoms with Crippen LogP contribution in [0.5, 0.6) is 17.2 Å². The number of ether oxygens (including phenoxy) is 2. The highest BCUT2D eigenvalue weighted by molar-refractivity contribution is 14.1. The highest BCUT2D eigenvalue weighted by atomic mass is 127. The molecule has 1 heterocycles. The Morgan fingerprint density at radius 1 is 0.841 bits per heavy atom. The molecule has 16 heteroatoms. The summed E-state index contributed by atoms with van der Waals surface area (Å²) in [6, 6.07) is 16.7. The van der Waals surface area contributed by atoms with E-state index < -0.39 is 0 Å². The molecule has 0 radical (unpaired) electrons. The average molecular weight is 1250 g/mol. The number of methoxy groups -OCH3 is 1. The monoisotopic (exact) mass is 1250 g/mol. The zero-order chi connectivity index (χ0) is 51.3. The van der Waals surface area contributed by atoms with Crippen molar-refractivity contribution in [2.45, 2.75) is 114 Å². The number of benzene rings is 3. The van der Waals surface area contributed by atoms with Gasteiger partial charge in [0.2, 0.25) is 5.91 Å². The van der Waals surface area contributed by atoms with Crippen molar-refractivity contribution in [3.05, 3.63) is 96.3 Å². The van der Waals surface area contributed by atoms with Gasteiger partial charge in [0, 0.05) is 63.1 Å². The van der Waals surface area contributed by atoms with Crippen LogP contribution in [-0.2, 0) is 17.8 Å². The first-order chi connectivity index (χ1) is 33.1. The number of fused-ring (bicyclic) bond motifs is 1. The molecule has 4 aromatic rings. The molecule has 0 aliphatic heterocycles. The minimum atomic E-state index is 0.0153. The third-order valence-electron chi connectivity index (χ3n) is 11.0. The minimum Gasteiger partial charge on any atom is -0.504 e. The number of para-hydroxylation sites is 1. The van der Waals surface area contributed by atoms with Gasteiger partial charge in [-0.3, -0.25) is 9.59 Å². The van der Waals surface area contributed by atoms with E-state index in [4.69, 9.17) is 38.3 Å². The van der Waals surface area contributed by atoms with Crippen LogP contribution in [0.3, 0.4) is 0 Å². The van der Waals surface area contributed by atoms with Gasteiger partial charge in [-0.25, -0.2) is 0 Å². The number of amides is 1. The molecule has 0 atom stereocenters. The molecule has 0 unspecified atom stereocenters. The predicted octanol–water partition coefficient (Wildman–Crippen LogP) is 14.3. The summed E-state index contributed by atoms with van der Waals surface area (Å²) >= 11 is 15.2. The van der Waals surface area contributed by atoms with E-state index in [-0.39, 0.29) is 17.4 Å². The van der Waals surface area contributed by atoms with Gasteiger partial charge in [-0.2, -0.15) is 0 Å². The molecular formula is C53H76I2N4O6S4. The normalized spacial score (nSPS) is 11.0. The number of nitrogens with zero attached hydrogens (tertiary/aromatic N) is 3. The molecule has 2 N–H and O–H groups in total. The lowest BCUT2D eigenvalue weighted by Crippen LogP contribution is -2.28. The Balaban J connectivity index is 0.000000378. The Kier molecular flexibility index (Phi) is 32.1. The van der Waals surface area contributed by atoms with Crippen LogP contribution in [0, 0.1) is 13.1 Å². The minimum absolute atomic E-state index is 0.0153. The maximum Gasteiger partial charge on any atom is 0.220 e. The SMILES string of the molecule is CCCCc1oc2ccccc2c1C(=O)c1cc(I)c(OCCN(CC)CC)c(I)c1.CCN(CC)C(=S)SSC(=S)N(CC)CC.COc1cc(CNC(=O)CCCC/C=C/C(C)C)ccc1O. The first kappa shape index (κ1) is 62.5. The molecule has 3 aromatic carbocycles. The Labute approximate surface area is 459 Å². The number of allylic oxidation sites excluding steroid dienone is 2. The summed E-state index contributed by atoms with van der Waals surface area (Å²) in [7, 11) is 4.69. The number of phenolic OH excluding ortho intramolecular Hbond substituents is 1. The van der Waals surface area contributed by atoms with Crippen LogP contribution in [0.1, 0.15) is 128 Å². The molecule has 69 heavy (non-hydrogen) atoms. The molecule has 10 nitrogen and oxygen atoms in total. The molecule has 0 aliphatic rings. The van der Waals surface area contributed by atoms with Gasteiger partial charge in [0.15, 0.2) is 17.3 Å². The second-order valence-corrected chi connectivity index (χ2v) is 21.9. The molecule has 0 saturated heterocycles. The fourth-order valence-corrected chi connectivity index (χ4v) is 12.0. The molecule has 0 saturated carbocycles. The molecular weight excluding hydrogens is 1170 g/mol.